The predicted octanol–water partition coefficient (Wildman–Crippen LogP) is 3.31. The molecule has 2 aromatic rings. The molecule has 12 nitrogen and oxygen atoms in total. The minimum atomic E-state index is -4.61. The van der Waals surface area contributed by atoms with Gasteiger partial charge in [-0.25, -0.2) is 9.36 Å². The Labute approximate surface area is 233 Å². The summed E-state index contributed by atoms with van der Waals surface area (Å²) >= 11 is 3.04. The van der Waals surface area contributed by atoms with Crippen LogP contribution < -0.4 is 20.9 Å². The van der Waals surface area contributed by atoms with Crippen LogP contribution in [0.3, 0.4) is 0 Å². The molecule has 1 aliphatic rings. The number of aliphatic hydroxyl groups excluding tert-OH is 1. The third-order valence-electron chi connectivity index (χ3n) is 5.56. The van der Waals surface area contributed by atoms with Crippen molar-refractivity contribution < 1.29 is 46.2 Å². The van der Waals surface area contributed by atoms with Crippen LogP contribution >= 0.6 is 23.7 Å². The first-order valence-corrected chi connectivity index (χ1v) is 14.2. The number of alkyl halides is 3. The molecule has 2 unspecified atom stereocenters. The van der Waals surface area contributed by atoms with Gasteiger partial charge in [-0.05, 0) is 49.2 Å². The van der Waals surface area contributed by atoms with Crippen LogP contribution in [0, 0.1) is 0 Å². The van der Waals surface area contributed by atoms with E-state index < -0.39 is 67.8 Å². The van der Waals surface area contributed by atoms with Gasteiger partial charge in [0.15, 0.2) is 0 Å². The molecule has 220 valence electrons. The Morgan fingerprint density at radius 3 is 2.62 bits per heavy atom. The van der Waals surface area contributed by atoms with E-state index in [4.69, 9.17) is 18.5 Å². The molecule has 3 rings (SSSR count). The smallest absolute Gasteiger partial charge is 0.459 e. The lowest BCUT2D eigenvalue weighted by Gasteiger charge is -2.24. The molecule has 17 heteroatoms. The van der Waals surface area contributed by atoms with Gasteiger partial charge in [0.25, 0.3) is 5.56 Å². The molecule has 40 heavy (non-hydrogen) atoms. The Morgan fingerprint density at radius 1 is 1.35 bits per heavy atom. The van der Waals surface area contributed by atoms with E-state index in [9.17, 15) is 37.2 Å². The van der Waals surface area contributed by atoms with Crippen LogP contribution in [0.4, 0.5) is 13.2 Å². The highest BCUT2D eigenvalue weighted by Crippen LogP contribution is 2.46. The van der Waals surface area contributed by atoms with E-state index in [0.29, 0.717) is 12.1 Å². The normalized spacial score (nSPS) is 21.7. The van der Waals surface area contributed by atoms with Crippen molar-refractivity contribution >= 4 is 35.7 Å². The molecule has 1 aromatic carbocycles. The van der Waals surface area contributed by atoms with Crippen molar-refractivity contribution in [1.29, 1.82) is 0 Å². The summed E-state index contributed by atoms with van der Waals surface area (Å²) in [6, 6.07) is 2.05. The maximum Gasteiger partial charge on any atom is 0.459 e. The van der Waals surface area contributed by atoms with Gasteiger partial charge in [-0.15, -0.1) is 0 Å². The number of aromatic nitrogens is 2. The number of ether oxygens (including phenoxy) is 2. The van der Waals surface area contributed by atoms with Crippen molar-refractivity contribution in [3.8, 4) is 5.75 Å². The van der Waals surface area contributed by atoms with Crippen LogP contribution in [0.5, 0.6) is 5.75 Å². The number of nitrogens with one attached hydrogen (secondary N) is 2. The Hall–Kier alpha value is -2.75. The Balaban J connectivity index is 1.79. The van der Waals surface area contributed by atoms with Crippen molar-refractivity contribution in [3.05, 3.63) is 67.4 Å². The molecule has 5 atom stereocenters. The van der Waals surface area contributed by atoms with Crippen LogP contribution in [0.15, 0.2) is 45.0 Å². The van der Waals surface area contributed by atoms with Crippen LogP contribution in [0.1, 0.15) is 37.6 Å². The van der Waals surface area contributed by atoms with Gasteiger partial charge in [0, 0.05) is 12.6 Å². The topological polar surface area (TPSA) is 158 Å². The second-order valence-electron chi connectivity index (χ2n) is 8.49. The molecule has 0 spiro atoms. The third kappa shape index (κ3) is 8.15. The first-order valence-electron chi connectivity index (χ1n) is 11.8. The predicted molar refractivity (Wildman–Crippen MR) is 139 cm³/mol. The van der Waals surface area contributed by atoms with E-state index in [-0.39, 0.29) is 24.3 Å². The first kappa shape index (κ1) is 31.8. The minimum absolute atomic E-state index is 0.0243. The van der Waals surface area contributed by atoms with Crippen LogP contribution in [0.25, 0.3) is 6.08 Å². The van der Waals surface area contributed by atoms with Crippen molar-refractivity contribution in [1.82, 2.24) is 14.6 Å². The molecule has 1 aliphatic heterocycles. The Morgan fingerprint density at radius 2 is 2.02 bits per heavy atom. The number of nitrogens with zero attached hydrogens (tertiary/aromatic N) is 1. The Bertz CT molecular complexity index is 1380. The summed E-state index contributed by atoms with van der Waals surface area (Å²) in [5.41, 5.74) is -2.28. The number of rotatable bonds is 11. The first-order chi connectivity index (χ1) is 18.8. The maximum absolute atomic E-state index is 13.6. The number of esters is 1. The molecular formula is C23H26BrF3N3O9P. The fourth-order valence-electron chi connectivity index (χ4n) is 3.60. The number of hydrogen-bond donors (Lipinski definition) is 3. The van der Waals surface area contributed by atoms with Crippen molar-refractivity contribution in [3.63, 3.8) is 0 Å². The van der Waals surface area contributed by atoms with Crippen molar-refractivity contribution in [2.24, 2.45) is 0 Å². The summed E-state index contributed by atoms with van der Waals surface area (Å²) in [5.74, 6) is -1.07. The number of benzene rings is 1. The average Bonchev–Trinajstić information content (AvgIpc) is 3.24. The van der Waals surface area contributed by atoms with Gasteiger partial charge in [0.05, 0.1) is 30.4 Å². The fourth-order valence-corrected chi connectivity index (χ4v) is 5.39. The zero-order chi connectivity index (χ0) is 29.7. The quantitative estimate of drug-likeness (QED) is 0.242. The van der Waals surface area contributed by atoms with Gasteiger partial charge in [-0.1, -0.05) is 15.9 Å². The lowest BCUT2D eigenvalue weighted by molar-refractivity contribution is -0.144. The lowest BCUT2D eigenvalue weighted by Crippen LogP contribution is -2.36. The SMILES string of the molecule is CCOC(=O)[C@H](C)NP(=O)(OC[C@H]1O[C@@H](n2cc(/C=C/Br)c(=O)[nH]c2=O)CC1O)Oc1ccc(C(F)(F)F)cc1. The van der Waals surface area contributed by atoms with Crippen molar-refractivity contribution in [2.75, 3.05) is 13.2 Å². The summed E-state index contributed by atoms with van der Waals surface area (Å²) in [4.78, 5) is 39.9. The summed E-state index contributed by atoms with van der Waals surface area (Å²) < 4.78 is 74.7. The van der Waals surface area contributed by atoms with E-state index in [2.05, 4.69) is 26.0 Å². The number of aliphatic hydroxyl groups is 1. The van der Waals surface area contributed by atoms with Gasteiger partial charge < -0.3 is 19.1 Å². The molecule has 2 heterocycles. The highest BCUT2D eigenvalue weighted by atomic mass is 79.9. The summed E-state index contributed by atoms with van der Waals surface area (Å²) in [6.07, 6.45) is -5.48. The highest BCUT2D eigenvalue weighted by molar-refractivity contribution is 9.11. The number of carbonyl (C=O) groups excluding carboxylic acids is 1. The standard InChI is InChI=1S/C23H26BrF3N3O9P/c1-3-36-21(33)13(2)29-40(35,39-16-6-4-15(5-7-16)23(25,26)27)37-12-18-17(31)10-19(38-18)30-11-14(8-9-24)20(32)28-22(30)34/h4-9,11,13,17-19,31H,3,10,12H2,1-2H3,(H,29,35)(H,28,32,34)/b9-8+/t13-,17?,18+,19+,40?/m0/s1. The molecule has 3 N–H and O–H groups in total. The highest BCUT2D eigenvalue weighted by Gasteiger charge is 2.40. The van der Waals surface area contributed by atoms with E-state index in [1.165, 1.54) is 24.2 Å². The van der Waals surface area contributed by atoms with Crippen LogP contribution in [0.2, 0.25) is 0 Å². The van der Waals surface area contributed by atoms with Crippen molar-refractivity contribution in [2.45, 2.75) is 50.9 Å². The third-order valence-corrected chi connectivity index (χ3v) is 7.47. The Kier molecular flexibility index (Phi) is 10.5. The van der Waals surface area contributed by atoms with E-state index in [1.807, 2.05) is 0 Å². The molecular weight excluding hydrogens is 630 g/mol. The van der Waals surface area contributed by atoms with Crippen LogP contribution in [-0.2, 0) is 29.5 Å². The summed E-state index contributed by atoms with van der Waals surface area (Å²) in [6.45, 7) is 2.31. The molecule has 0 bridgehead atoms. The summed E-state index contributed by atoms with van der Waals surface area (Å²) in [5, 5.41) is 12.9. The van der Waals surface area contributed by atoms with Gasteiger partial charge >= 0.3 is 25.6 Å². The zero-order valence-electron chi connectivity index (χ0n) is 21.1. The number of H-pyrrole nitrogens is 1. The number of halogens is 4. The molecule has 0 aliphatic carbocycles. The second-order valence-corrected chi connectivity index (χ2v) is 10.7. The van der Waals surface area contributed by atoms with Crippen LogP contribution in [-0.4, -0.2) is 52.1 Å². The fraction of sp³-hybridized carbons (Fsp3) is 0.435. The zero-order valence-corrected chi connectivity index (χ0v) is 23.6. The van der Waals surface area contributed by atoms with Gasteiger partial charge in [0.1, 0.15) is 24.1 Å². The molecule has 1 aromatic heterocycles. The molecule has 1 fully saturated rings. The van der Waals surface area contributed by atoms with E-state index >= 15 is 0 Å². The van der Waals surface area contributed by atoms with Gasteiger partial charge in [-0.2, -0.15) is 18.3 Å². The molecule has 1 saturated heterocycles. The average molecular weight is 656 g/mol. The molecule has 0 saturated carbocycles. The van der Waals surface area contributed by atoms with E-state index in [1.54, 1.807) is 6.92 Å². The van der Waals surface area contributed by atoms with E-state index in [0.717, 1.165) is 16.7 Å². The van der Waals surface area contributed by atoms with Gasteiger partial charge in [0.2, 0.25) is 0 Å². The number of hydrogen-bond acceptors (Lipinski definition) is 9. The monoisotopic (exact) mass is 655 g/mol. The second kappa shape index (κ2) is 13.3. The summed E-state index contributed by atoms with van der Waals surface area (Å²) in [7, 11) is -4.49. The number of aromatic amines is 1. The number of carbonyl (C=O) groups is 1. The molecule has 0 radical (unpaired) electrons. The minimum Gasteiger partial charge on any atom is -0.465 e. The van der Waals surface area contributed by atoms with Gasteiger partial charge in [-0.3, -0.25) is 23.7 Å². The molecule has 0 amide bonds. The maximum atomic E-state index is 13.6. The largest absolute Gasteiger partial charge is 0.465 e. The lowest BCUT2D eigenvalue weighted by atomic mass is 10.2.